The van der Waals surface area contributed by atoms with Gasteiger partial charge in [0.25, 0.3) is 0 Å². The normalized spacial score (nSPS) is 17.8. The van der Waals surface area contributed by atoms with E-state index in [2.05, 4.69) is 28.7 Å². The first-order chi connectivity index (χ1) is 6.27. The highest BCUT2D eigenvalue weighted by molar-refractivity contribution is 5.11. The molecule has 3 nitrogen and oxygen atoms in total. The summed E-state index contributed by atoms with van der Waals surface area (Å²) < 4.78 is 2.29. The minimum Gasteiger partial charge on any atom is -0.334 e. The average molecular weight is 179 g/mol. The largest absolute Gasteiger partial charge is 0.334 e. The van der Waals surface area contributed by atoms with Crippen molar-refractivity contribution in [2.24, 2.45) is 5.92 Å². The van der Waals surface area contributed by atoms with Crippen molar-refractivity contribution in [2.75, 3.05) is 13.1 Å². The number of nitrogens with zero attached hydrogens (tertiary/aromatic N) is 2. The van der Waals surface area contributed by atoms with Gasteiger partial charge in [-0.2, -0.15) is 0 Å². The highest BCUT2D eigenvalue weighted by Gasteiger charge is 2.22. The van der Waals surface area contributed by atoms with Crippen LogP contribution in [0, 0.1) is 5.92 Å². The molecule has 0 atom stereocenters. The second kappa shape index (κ2) is 3.50. The van der Waals surface area contributed by atoms with Crippen molar-refractivity contribution >= 4 is 0 Å². The molecular formula is C10H17N3. The molecule has 0 bridgehead atoms. The lowest BCUT2D eigenvalue weighted by Crippen LogP contribution is -2.41. The second-order valence-electron chi connectivity index (χ2n) is 4.22. The first kappa shape index (κ1) is 8.75. The van der Waals surface area contributed by atoms with Crippen LogP contribution in [0.15, 0.2) is 12.5 Å². The van der Waals surface area contributed by atoms with E-state index in [1.807, 2.05) is 12.5 Å². The number of nitrogens with one attached hydrogen (secondary N) is 1. The third kappa shape index (κ3) is 1.75. The summed E-state index contributed by atoms with van der Waals surface area (Å²) in [5, 5.41) is 3.29. The van der Waals surface area contributed by atoms with E-state index in [-0.39, 0.29) is 0 Å². The van der Waals surface area contributed by atoms with Crippen molar-refractivity contribution in [3.05, 3.63) is 18.2 Å². The van der Waals surface area contributed by atoms with Crippen LogP contribution in [0.4, 0.5) is 0 Å². The molecule has 1 aromatic heterocycles. The maximum absolute atomic E-state index is 4.21. The van der Waals surface area contributed by atoms with Crippen molar-refractivity contribution in [1.29, 1.82) is 0 Å². The summed E-state index contributed by atoms with van der Waals surface area (Å²) in [7, 11) is 0. The van der Waals surface area contributed by atoms with Crippen molar-refractivity contribution in [2.45, 2.75) is 26.3 Å². The van der Waals surface area contributed by atoms with Gasteiger partial charge in [-0.25, -0.2) is 4.98 Å². The SMILES string of the molecule is CC(C)Cn1cncc1C1CNC1. The van der Waals surface area contributed by atoms with Crippen LogP contribution in [0.5, 0.6) is 0 Å². The van der Waals surface area contributed by atoms with Gasteiger partial charge in [-0.05, 0) is 5.92 Å². The van der Waals surface area contributed by atoms with Gasteiger partial charge >= 0.3 is 0 Å². The first-order valence-electron chi connectivity index (χ1n) is 4.98. The molecule has 2 rings (SSSR count). The Morgan fingerprint density at radius 2 is 2.38 bits per heavy atom. The molecule has 1 aliphatic rings. The zero-order chi connectivity index (χ0) is 9.26. The van der Waals surface area contributed by atoms with E-state index in [1.54, 1.807) is 0 Å². The number of hydrogen-bond acceptors (Lipinski definition) is 2. The van der Waals surface area contributed by atoms with Gasteiger partial charge in [0, 0.05) is 37.4 Å². The zero-order valence-electron chi connectivity index (χ0n) is 8.33. The molecular weight excluding hydrogens is 162 g/mol. The molecule has 2 heterocycles. The maximum Gasteiger partial charge on any atom is 0.0948 e. The highest BCUT2D eigenvalue weighted by Crippen LogP contribution is 2.19. The smallest absolute Gasteiger partial charge is 0.0948 e. The Labute approximate surface area is 79.2 Å². The molecule has 1 aromatic rings. The van der Waals surface area contributed by atoms with Gasteiger partial charge in [-0.1, -0.05) is 13.8 Å². The Balaban J connectivity index is 2.10. The Hall–Kier alpha value is -0.830. The van der Waals surface area contributed by atoms with E-state index in [0.717, 1.165) is 19.6 Å². The Morgan fingerprint density at radius 1 is 1.62 bits per heavy atom. The molecule has 0 aromatic carbocycles. The fraction of sp³-hybridized carbons (Fsp3) is 0.700. The van der Waals surface area contributed by atoms with Crippen LogP contribution in [-0.4, -0.2) is 22.6 Å². The Morgan fingerprint density at radius 3 is 2.92 bits per heavy atom. The van der Waals surface area contributed by atoms with Crippen LogP contribution < -0.4 is 5.32 Å². The van der Waals surface area contributed by atoms with Crippen molar-refractivity contribution in [3.63, 3.8) is 0 Å². The molecule has 1 saturated heterocycles. The molecule has 13 heavy (non-hydrogen) atoms. The average Bonchev–Trinajstić information content (AvgIpc) is 2.32. The van der Waals surface area contributed by atoms with E-state index in [0.29, 0.717) is 11.8 Å². The van der Waals surface area contributed by atoms with Crippen LogP contribution in [0.3, 0.4) is 0 Å². The summed E-state index contributed by atoms with van der Waals surface area (Å²) in [6.45, 7) is 7.80. The van der Waals surface area contributed by atoms with Gasteiger partial charge in [-0.15, -0.1) is 0 Å². The zero-order valence-corrected chi connectivity index (χ0v) is 8.33. The van der Waals surface area contributed by atoms with Gasteiger partial charge < -0.3 is 9.88 Å². The molecule has 0 unspecified atom stereocenters. The summed E-state index contributed by atoms with van der Waals surface area (Å²) in [6.07, 6.45) is 3.96. The second-order valence-corrected chi connectivity index (χ2v) is 4.22. The fourth-order valence-corrected chi connectivity index (χ4v) is 1.71. The van der Waals surface area contributed by atoms with E-state index in [9.17, 15) is 0 Å². The highest BCUT2D eigenvalue weighted by atomic mass is 15.1. The van der Waals surface area contributed by atoms with Crippen molar-refractivity contribution < 1.29 is 0 Å². The fourth-order valence-electron chi connectivity index (χ4n) is 1.71. The number of aromatic nitrogens is 2. The lowest BCUT2D eigenvalue weighted by molar-refractivity contribution is 0.409. The summed E-state index contributed by atoms with van der Waals surface area (Å²) in [5.41, 5.74) is 1.40. The van der Waals surface area contributed by atoms with Gasteiger partial charge in [0.15, 0.2) is 0 Å². The van der Waals surface area contributed by atoms with Crippen molar-refractivity contribution in [3.8, 4) is 0 Å². The van der Waals surface area contributed by atoms with Crippen LogP contribution in [0.25, 0.3) is 0 Å². The predicted octanol–water partition coefficient (Wildman–Crippen LogP) is 1.23. The Bertz CT molecular complexity index is 273. The predicted molar refractivity (Wildman–Crippen MR) is 52.7 cm³/mol. The molecule has 1 aliphatic heterocycles. The lowest BCUT2D eigenvalue weighted by atomic mass is 9.99. The summed E-state index contributed by atoms with van der Waals surface area (Å²) >= 11 is 0. The standard InChI is InChI=1S/C10H17N3/c1-8(2)6-13-7-12-5-10(13)9-3-11-4-9/h5,7-9,11H,3-4,6H2,1-2H3. The van der Waals surface area contributed by atoms with Gasteiger partial charge in [0.05, 0.1) is 6.33 Å². The van der Waals surface area contributed by atoms with Gasteiger partial charge in [-0.3, -0.25) is 0 Å². The third-order valence-corrected chi connectivity index (χ3v) is 2.51. The molecule has 0 radical (unpaired) electrons. The Kier molecular flexibility index (Phi) is 2.36. The maximum atomic E-state index is 4.21. The molecule has 0 aliphatic carbocycles. The minimum absolute atomic E-state index is 0.695. The molecule has 1 N–H and O–H groups in total. The van der Waals surface area contributed by atoms with Crippen molar-refractivity contribution in [1.82, 2.24) is 14.9 Å². The van der Waals surface area contributed by atoms with Crippen LogP contribution >= 0.6 is 0 Å². The van der Waals surface area contributed by atoms with E-state index in [1.165, 1.54) is 5.69 Å². The molecule has 0 amide bonds. The quantitative estimate of drug-likeness (QED) is 0.756. The first-order valence-corrected chi connectivity index (χ1v) is 4.98. The topological polar surface area (TPSA) is 29.9 Å². The number of rotatable bonds is 3. The van der Waals surface area contributed by atoms with Gasteiger partial charge in [0.1, 0.15) is 0 Å². The van der Waals surface area contributed by atoms with Crippen LogP contribution in [-0.2, 0) is 6.54 Å². The third-order valence-electron chi connectivity index (χ3n) is 2.51. The van der Waals surface area contributed by atoms with Crippen LogP contribution in [0.2, 0.25) is 0 Å². The molecule has 0 spiro atoms. The molecule has 1 fully saturated rings. The lowest BCUT2D eigenvalue weighted by Gasteiger charge is -2.28. The molecule has 72 valence electrons. The van der Waals surface area contributed by atoms with E-state index in [4.69, 9.17) is 0 Å². The van der Waals surface area contributed by atoms with E-state index >= 15 is 0 Å². The number of imidazole rings is 1. The summed E-state index contributed by atoms with van der Waals surface area (Å²) in [6, 6.07) is 0. The molecule has 0 saturated carbocycles. The van der Waals surface area contributed by atoms with Crippen LogP contribution in [0.1, 0.15) is 25.5 Å². The molecule has 3 heteroatoms. The number of hydrogen-bond donors (Lipinski definition) is 1. The van der Waals surface area contributed by atoms with E-state index < -0.39 is 0 Å². The summed E-state index contributed by atoms with van der Waals surface area (Å²) in [4.78, 5) is 4.21. The van der Waals surface area contributed by atoms with Gasteiger partial charge in [0.2, 0.25) is 0 Å². The summed E-state index contributed by atoms with van der Waals surface area (Å²) in [5.74, 6) is 1.39. The monoisotopic (exact) mass is 179 g/mol. The minimum atomic E-state index is 0.695.